The van der Waals surface area contributed by atoms with Gasteiger partial charge in [-0.15, -0.1) is 0 Å². The zero-order valence-corrected chi connectivity index (χ0v) is 11.2. The summed E-state index contributed by atoms with van der Waals surface area (Å²) in [6.45, 7) is 5.21. The molecule has 1 aliphatic carbocycles. The first-order valence-corrected chi connectivity index (χ1v) is 6.72. The van der Waals surface area contributed by atoms with Crippen LogP contribution in [0.15, 0.2) is 18.2 Å². The molecule has 0 amide bonds. The van der Waals surface area contributed by atoms with Crippen LogP contribution in [0.3, 0.4) is 0 Å². The molecule has 0 heterocycles. The van der Waals surface area contributed by atoms with Crippen LogP contribution < -0.4 is 4.74 Å². The molecule has 2 rings (SSSR count). The summed E-state index contributed by atoms with van der Waals surface area (Å²) in [7, 11) is 0. The molecular formula is C15H22O3. The molecule has 100 valence electrons. The highest BCUT2D eigenvalue weighted by molar-refractivity contribution is 5.38. The number of aliphatic hydroxyl groups excluding tert-OH is 1. The van der Waals surface area contributed by atoms with Gasteiger partial charge in [-0.2, -0.15) is 0 Å². The summed E-state index contributed by atoms with van der Waals surface area (Å²) in [6, 6.07) is 5.97. The molecule has 0 saturated heterocycles. The van der Waals surface area contributed by atoms with Crippen molar-refractivity contribution in [1.29, 1.82) is 0 Å². The van der Waals surface area contributed by atoms with Gasteiger partial charge in [-0.3, -0.25) is 0 Å². The van der Waals surface area contributed by atoms with Gasteiger partial charge in [-0.25, -0.2) is 0 Å². The zero-order valence-electron chi connectivity index (χ0n) is 11.2. The monoisotopic (exact) mass is 250 g/mol. The third-order valence-corrected chi connectivity index (χ3v) is 3.20. The van der Waals surface area contributed by atoms with Crippen molar-refractivity contribution in [2.24, 2.45) is 0 Å². The fourth-order valence-corrected chi connectivity index (χ4v) is 2.30. The average molecular weight is 250 g/mol. The van der Waals surface area contributed by atoms with E-state index in [-0.39, 0.29) is 12.2 Å². The van der Waals surface area contributed by atoms with Gasteiger partial charge >= 0.3 is 0 Å². The van der Waals surface area contributed by atoms with E-state index < -0.39 is 0 Å². The zero-order chi connectivity index (χ0) is 13.0. The van der Waals surface area contributed by atoms with Crippen LogP contribution in [0.4, 0.5) is 0 Å². The van der Waals surface area contributed by atoms with E-state index in [0.717, 1.165) is 30.6 Å². The molecular weight excluding hydrogens is 228 g/mol. The number of benzene rings is 1. The number of rotatable bonds is 5. The van der Waals surface area contributed by atoms with Gasteiger partial charge in [0.1, 0.15) is 12.4 Å². The molecule has 0 aromatic heterocycles. The molecule has 0 radical (unpaired) electrons. The van der Waals surface area contributed by atoms with Crippen molar-refractivity contribution >= 4 is 0 Å². The topological polar surface area (TPSA) is 38.7 Å². The van der Waals surface area contributed by atoms with E-state index in [0.29, 0.717) is 13.2 Å². The van der Waals surface area contributed by atoms with Crippen LogP contribution in [-0.4, -0.2) is 24.4 Å². The number of fused-ring (bicyclic) bond motifs is 1. The predicted molar refractivity (Wildman–Crippen MR) is 70.9 cm³/mol. The largest absolute Gasteiger partial charge is 0.491 e. The second-order valence-electron chi connectivity index (χ2n) is 5.04. The highest BCUT2D eigenvalue weighted by atomic mass is 16.5. The first-order chi connectivity index (χ1) is 8.66. The smallest absolute Gasteiger partial charge is 0.119 e. The summed E-state index contributed by atoms with van der Waals surface area (Å²) in [5, 5.41) is 9.87. The van der Waals surface area contributed by atoms with Gasteiger partial charge in [0.2, 0.25) is 0 Å². The Bertz CT molecular complexity index is 387. The molecule has 1 unspecified atom stereocenters. The van der Waals surface area contributed by atoms with Crippen molar-refractivity contribution in [3.8, 4) is 5.75 Å². The summed E-state index contributed by atoms with van der Waals surface area (Å²) in [5.41, 5.74) is 2.28. The van der Waals surface area contributed by atoms with Gasteiger partial charge in [0.15, 0.2) is 0 Å². The van der Waals surface area contributed by atoms with Crippen LogP contribution in [0.5, 0.6) is 5.75 Å². The third-order valence-electron chi connectivity index (χ3n) is 3.20. The lowest BCUT2D eigenvalue weighted by atomic mass is 9.89. The first-order valence-electron chi connectivity index (χ1n) is 6.72. The van der Waals surface area contributed by atoms with Gasteiger partial charge in [0.25, 0.3) is 0 Å². The van der Waals surface area contributed by atoms with Crippen molar-refractivity contribution in [3.05, 3.63) is 29.3 Å². The number of ether oxygens (including phenoxy) is 2. The van der Waals surface area contributed by atoms with E-state index in [1.807, 2.05) is 32.0 Å². The first kappa shape index (κ1) is 13.4. The molecule has 1 aliphatic rings. The summed E-state index contributed by atoms with van der Waals surface area (Å²) in [6.07, 6.45) is 2.90. The van der Waals surface area contributed by atoms with Crippen molar-refractivity contribution in [1.82, 2.24) is 0 Å². The molecule has 0 aliphatic heterocycles. The van der Waals surface area contributed by atoms with Crippen LogP contribution in [0.2, 0.25) is 0 Å². The fourth-order valence-electron chi connectivity index (χ4n) is 2.30. The molecule has 18 heavy (non-hydrogen) atoms. The van der Waals surface area contributed by atoms with Crippen molar-refractivity contribution in [3.63, 3.8) is 0 Å². The lowest BCUT2D eigenvalue weighted by Gasteiger charge is -2.21. The van der Waals surface area contributed by atoms with Crippen LogP contribution in [0, 0.1) is 0 Å². The number of aliphatic hydroxyl groups is 1. The summed E-state index contributed by atoms with van der Waals surface area (Å²) in [5.74, 6) is 0.871. The quantitative estimate of drug-likeness (QED) is 0.817. The summed E-state index contributed by atoms with van der Waals surface area (Å²) >= 11 is 0. The summed E-state index contributed by atoms with van der Waals surface area (Å²) < 4.78 is 11.1. The summed E-state index contributed by atoms with van der Waals surface area (Å²) in [4.78, 5) is 0. The Morgan fingerprint density at radius 1 is 1.33 bits per heavy atom. The number of hydrogen-bond donors (Lipinski definition) is 1. The minimum absolute atomic E-state index is 0.243. The van der Waals surface area contributed by atoms with E-state index in [9.17, 15) is 5.11 Å². The number of hydrogen-bond acceptors (Lipinski definition) is 3. The van der Waals surface area contributed by atoms with Gasteiger partial charge in [0, 0.05) is 0 Å². The lowest BCUT2D eigenvalue weighted by molar-refractivity contribution is 0.0552. The van der Waals surface area contributed by atoms with E-state index in [4.69, 9.17) is 9.47 Å². The molecule has 3 heteroatoms. The molecule has 0 fully saturated rings. The predicted octanol–water partition coefficient (Wildman–Crippen LogP) is 2.86. The molecule has 1 aromatic carbocycles. The molecule has 1 atom stereocenters. The maximum Gasteiger partial charge on any atom is 0.119 e. The van der Waals surface area contributed by atoms with Crippen molar-refractivity contribution in [2.75, 3.05) is 13.2 Å². The highest BCUT2D eigenvalue weighted by Crippen LogP contribution is 2.31. The van der Waals surface area contributed by atoms with Gasteiger partial charge in [0.05, 0.1) is 18.8 Å². The van der Waals surface area contributed by atoms with Crippen LogP contribution >= 0.6 is 0 Å². The highest BCUT2D eigenvalue weighted by Gasteiger charge is 2.17. The Balaban J connectivity index is 1.90. The minimum Gasteiger partial charge on any atom is -0.491 e. The molecule has 3 nitrogen and oxygen atoms in total. The second-order valence-corrected chi connectivity index (χ2v) is 5.04. The van der Waals surface area contributed by atoms with Crippen LogP contribution in [0.1, 0.15) is 43.9 Å². The standard InChI is InChI=1S/C15H22O3/c1-11(2)17-8-9-18-13-6-7-14-12(10-13)4-3-5-15(14)16/h6-7,10-11,15-16H,3-5,8-9H2,1-2H3. The Kier molecular flexibility index (Phi) is 4.61. The van der Waals surface area contributed by atoms with Gasteiger partial charge in [-0.05, 0) is 56.4 Å². The van der Waals surface area contributed by atoms with Crippen molar-refractivity contribution in [2.45, 2.75) is 45.3 Å². The second kappa shape index (κ2) is 6.21. The van der Waals surface area contributed by atoms with Gasteiger partial charge < -0.3 is 14.6 Å². The lowest BCUT2D eigenvalue weighted by Crippen LogP contribution is -2.12. The molecule has 0 saturated carbocycles. The molecule has 0 spiro atoms. The van der Waals surface area contributed by atoms with Crippen molar-refractivity contribution < 1.29 is 14.6 Å². The Morgan fingerprint density at radius 2 is 2.17 bits per heavy atom. The molecule has 1 aromatic rings. The Hall–Kier alpha value is -1.06. The molecule has 1 N–H and O–H groups in total. The third kappa shape index (κ3) is 3.47. The SMILES string of the molecule is CC(C)OCCOc1ccc2c(c1)CCCC2O. The maximum absolute atomic E-state index is 9.87. The van der Waals surface area contributed by atoms with E-state index >= 15 is 0 Å². The normalized spacial score (nSPS) is 18.8. The Morgan fingerprint density at radius 3 is 2.94 bits per heavy atom. The van der Waals surface area contributed by atoms with Gasteiger partial charge in [-0.1, -0.05) is 6.07 Å². The van der Waals surface area contributed by atoms with E-state index in [1.54, 1.807) is 0 Å². The van der Waals surface area contributed by atoms with Crippen LogP contribution in [0.25, 0.3) is 0 Å². The maximum atomic E-state index is 9.87. The molecule has 0 bridgehead atoms. The number of aryl methyl sites for hydroxylation is 1. The van der Waals surface area contributed by atoms with Crippen LogP contribution in [-0.2, 0) is 11.2 Å². The average Bonchev–Trinajstić information content (AvgIpc) is 2.35. The minimum atomic E-state index is -0.299. The van der Waals surface area contributed by atoms with E-state index in [1.165, 1.54) is 5.56 Å². The fraction of sp³-hybridized carbons (Fsp3) is 0.600. The Labute approximate surface area is 109 Å². The van der Waals surface area contributed by atoms with E-state index in [2.05, 4.69) is 0 Å².